The smallest absolute Gasteiger partial charge is 0.179 e. The first-order valence-corrected chi connectivity index (χ1v) is 11.1. The molecule has 0 bridgehead atoms. The quantitative estimate of drug-likeness (QED) is 0.613. The number of methoxy groups -OCH3 is 1. The van der Waals surface area contributed by atoms with E-state index in [0.29, 0.717) is 29.7 Å². The predicted molar refractivity (Wildman–Crippen MR) is 123 cm³/mol. The molecule has 1 aromatic heterocycles. The summed E-state index contributed by atoms with van der Waals surface area (Å²) in [5, 5.41) is 4.03. The third kappa shape index (κ3) is 6.00. The molecule has 0 radical (unpaired) electrons. The van der Waals surface area contributed by atoms with E-state index < -0.39 is 0 Å². The van der Waals surface area contributed by atoms with Crippen molar-refractivity contribution in [2.45, 2.75) is 33.4 Å². The monoisotopic (exact) mass is 432 g/mol. The molecular formula is C23H33ClN4O2. The van der Waals surface area contributed by atoms with Crippen LogP contribution in [0.1, 0.15) is 31.4 Å². The van der Waals surface area contributed by atoms with Gasteiger partial charge in [-0.3, -0.25) is 0 Å². The van der Waals surface area contributed by atoms with Crippen LogP contribution in [0.5, 0.6) is 11.5 Å². The lowest BCUT2D eigenvalue weighted by Crippen LogP contribution is -2.46. The summed E-state index contributed by atoms with van der Waals surface area (Å²) in [5.41, 5.74) is 2.21. The second kappa shape index (κ2) is 11.4. The Bertz CT molecular complexity index is 793. The van der Waals surface area contributed by atoms with Gasteiger partial charge in [0.2, 0.25) is 0 Å². The molecule has 164 valence electrons. The number of likely N-dealkylation sites (N-methyl/N-ethyl adjacent to an activating group) is 1. The highest BCUT2D eigenvalue weighted by Crippen LogP contribution is 2.36. The van der Waals surface area contributed by atoms with Crippen LogP contribution in [0.15, 0.2) is 30.5 Å². The molecule has 0 amide bonds. The molecule has 2 heterocycles. The summed E-state index contributed by atoms with van der Waals surface area (Å²) in [6.07, 6.45) is 2.88. The molecule has 3 rings (SSSR count). The van der Waals surface area contributed by atoms with Gasteiger partial charge in [0.05, 0.1) is 18.7 Å². The van der Waals surface area contributed by atoms with Crippen LogP contribution in [0.4, 0.5) is 5.82 Å². The molecule has 30 heavy (non-hydrogen) atoms. The topological polar surface area (TPSA) is 49.9 Å². The summed E-state index contributed by atoms with van der Waals surface area (Å²) >= 11 is 6.40. The van der Waals surface area contributed by atoms with Crippen molar-refractivity contribution >= 4 is 17.4 Å². The second-order valence-corrected chi connectivity index (χ2v) is 7.91. The van der Waals surface area contributed by atoms with Gasteiger partial charge in [-0.2, -0.15) is 0 Å². The Morgan fingerprint density at radius 1 is 1.07 bits per heavy atom. The van der Waals surface area contributed by atoms with Gasteiger partial charge in [0.1, 0.15) is 5.82 Å². The average Bonchev–Trinajstić information content (AvgIpc) is 2.78. The van der Waals surface area contributed by atoms with E-state index in [1.54, 1.807) is 7.11 Å². The Morgan fingerprint density at radius 3 is 2.47 bits per heavy atom. The molecule has 2 aromatic rings. The fraction of sp³-hybridized carbons (Fsp3) is 0.522. The first kappa shape index (κ1) is 22.7. The minimum absolute atomic E-state index is 0.578. The van der Waals surface area contributed by atoms with Gasteiger partial charge in [-0.15, -0.1) is 0 Å². The molecule has 1 saturated heterocycles. The molecule has 0 unspecified atom stereocenters. The normalized spacial score (nSPS) is 14.7. The number of nitrogens with zero attached hydrogens (tertiary/aromatic N) is 3. The molecule has 0 atom stereocenters. The van der Waals surface area contributed by atoms with Gasteiger partial charge in [-0.05, 0) is 42.3 Å². The van der Waals surface area contributed by atoms with E-state index >= 15 is 0 Å². The van der Waals surface area contributed by atoms with Gasteiger partial charge in [0.15, 0.2) is 11.5 Å². The van der Waals surface area contributed by atoms with E-state index in [9.17, 15) is 0 Å². The van der Waals surface area contributed by atoms with E-state index in [2.05, 4.69) is 46.1 Å². The number of piperazine rings is 1. The largest absolute Gasteiger partial charge is 0.493 e. The minimum atomic E-state index is 0.578. The number of halogens is 1. The van der Waals surface area contributed by atoms with Crippen molar-refractivity contribution in [3.8, 4) is 11.5 Å². The van der Waals surface area contributed by atoms with E-state index in [4.69, 9.17) is 21.1 Å². The molecule has 1 aromatic carbocycles. The SMILES string of the molecule is CCCOc1c(Cl)cc(CNCc2ccc(N3CCN(CC)CC3)nc2)cc1OC. The van der Waals surface area contributed by atoms with E-state index in [1.807, 2.05) is 18.3 Å². The number of anilines is 1. The number of pyridine rings is 1. The average molecular weight is 433 g/mol. The molecule has 0 aliphatic carbocycles. The molecule has 0 spiro atoms. The predicted octanol–water partition coefficient (Wildman–Crippen LogP) is 3.96. The highest BCUT2D eigenvalue weighted by molar-refractivity contribution is 6.32. The lowest BCUT2D eigenvalue weighted by Gasteiger charge is -2.34. The van der Waals surface area contributed by atoms with Crippen LogP contribution in [0.25, 0.3) is 0 Å². The Hall–Kier alpha value is -2.02. The van der Waals surface area contributed by atoms with Crippen LogP contribution >= 0.6 is 11.6 Å². The van der Waals surface area contributed by atoms with E-state index in [0.717, 1.165) is 62.6 Å². The molecule has 7 heteroatoms. The lowest BCUT2D eigenvalue weighted by atomic mass is 10.2. The fourth-order valence-electron chi connectivity index (χ4n) is 3.57. The third-order valence-electron chi connectivity index (χ3n) is 5.35. The number of aromatic nitrogens is 1. The van der Waals surface area contributed by atoms with Crippen LogP contribution in [-0.2, 0) is 13.1 Å². The van der Waals surface area contributed by atoms with Crippen LogP contribution in [0.3, 0.4) is 0 Å². The zero-order chi connectivity index (χ0) is 21.3. The molecule has 1 N–H and O–H groups in total. The first-order chi connectivity index (χ1) is 14.6. The standard InChI is InChI=1S/C23H33ClN4O2/c1-4-12-30-23-20(24)13-19(14-21(23)29-3)16-25-15-18-6-7-22(26-17-18)28-10-8-27(5-2)9-11-28/h6-7,13-14,17,25H,4-5,8-12,15-16H2,1-3H3. The number of rotatable bonds is 10. The van der Waals surface area contributed by atoms with Crippen molar-refractivity contribution in [2.24, 2.45) is 0 Å². The maximum Gasteiger partial charge on any atom is 0.179 e. The lowest BCUT2D eigenvalue weighted by molar-refractivity contribution is 0.270. The Morgan fingerprint density at radius 2 is 1.83 bits per heavy atom. The number of hydrogen-bond donors (Lipinski definition) is 1. The van der Waals surface area contributed by atoms with Gasteiger partial charge in [-0.25, -0.2) is 4.98 Å². The van der Waals surface area contributed by atoms with Gasteiger partial charge in [0, 0.05) is 45.5 Å². The van der Waals surface area contributed by atoms with E-state index in [-0.39, 0.29) is 0 Å². The number of benzene rings is 1. The van der Waals surface area contributed by atoms with Gasteiger partial charge in [0.25, 0.3) is 0 Å². The number of ether oxygens (including phenoxy) is 2. The molecular weight excluding hydrogens is 400 g/mol. The zero-order valence-corrected chi connectivity index (χ0v) is 19.0. The zero-order valence-electron chi connectivity index (χ0n) is 18.3. The highest BCUT2D eigenvalue weighted by Gasteiger charge is 2.16. The van der Waals surface area contributed by atoms with Gasteiger partial charge in [-0.1, -0.05) is 31.5 Å². The van der Waals surface area contributed by atoms with Crippen molar-refractivity contribution in [2.75, 3.05) is 51.3 Å². The van der Waals surface area contributed by atoms with Crippen molar-refractivity contribution < 1.29 is 9.47 Å². The maximum atomic E-state index is 6.40. The van der Waals surface area contributed by atoms with Gasteiger partial charge >= 0.3 is 0 Å². The minimum Gasteiger partial charge on any atom is -0.493 e. The summed E-state index contributed by atoms with van der Waals surface area (Å²) in [4.78, 5) is 9.50. The fourth-order valence-corrected chi connectivity index (χ4v) is 3.86. The molecule has 0 saturated carbocycles. The second-order valence-electron chi connectivity index (χ2n) is 7.51. The van der Waals surface area contributed by atoms with Gasteiger partial charge < -0.3 is 24.6 Å². The highest BCUT2D eigenvalue weighted by atomic mass is 35.5. The third-order valence-corrected chi connectivity index (χ3v) is 5.63. The Balaban J connectivity index is 1.52. The summed E-state index contributed by atoms with van der Waals surface area (Å²) in [7, 11) is 1.64. The van der Waals surface area contributed by atoms with Crippen molar-refractivity contribution in [1.82, 2.24) is 15.2 Å². The van der Waals surface area contributed by atoms with Crippen LogP contribution < -0.4 is 19.7 Å². The summed E-state index contributed by atoms with van der Waals surface area (Å²) in [6, 6.07) is 8.18. The molecule has 6 nitrogen and oxygen atoms in total. The van der Waals surface area contributed by atoms with Crippen LogP contribution in [-0.4, -0.2) is 56.3 Å². The number of nitrogens with one attached hydrogen (secondary N) is 1. The maximum absolute atomic E-state index is 6.40. The van der Waals surface area contributed by atoms with Crippen LogP contribution in [0, 0.1) is 0 Å². The molecule has 1 aliphatic rings. The van der Waals surface area contributed by atoms with Crippen molar-refractivity contribution in [1.29, 1.82) is 0 Å². The number of hydrogen-bond acceptors (Lipinski definition) is 6. The Labute approximate surface area is 185 Å². The molecule has 1 fully saturated rings. The van der Waals surface area contributed by atoms with Crippen molar-refractivity contribution in [3.63, 3.8) is 0 Å². The first-order valence-electron chi connectivity index (χ1n) is 10.8. The van der Waals surface area contributed by atoms with Crippen LogP contribution in [0.2, 0.25) is 5.02 Å². The Kier molecular flexibility index (Phi) is 8.61. The van der Waals surface area contributed by atoms with Crippen molar-refractivity contribution in [3.05, 3.63) is 46.6 Å². The summed E-state index contributed by atoms with van der Waals surface area (Å²) in [6.45, 7) is 11.7. The summed E-state index contributed by atoms with van der Waals surface area (Å²) in [5.74, 6) is 2.35. The molecule has 1 aliphatic heterocycles. The van der Waals surface area contributed by atoms with E-state index in [1.165, 1.54) is 0 Å². The summed E-state index contributed by atoms with van der Waals surface area (Å²) < 4.78 is 11.2.